The Bertz CT molecular complexity index is 335. The first-order chi connectivity index (χ1) is 6.76. The molecule has 4 heteroatoms. The largest absolute Gasteiger partial charge is 0.315 e. The Labute approximate surface area is 88.1 Å². The van der Waals surface area contributed by atoms with E-state index >= 15 is 0 Å². The van der Waals surface area contributed by atoms with Crippen molar-refractivity contribution in [1.82, 2.24) is 15.2 Å². The molecule has 1 aromatic rings. The number of thiazole rings is 1. The third-order valence-corrected chi connectivity index (χ3v) is 3.99. The van der Waals surface area contributed by atoms with Crippen molar-refractivity contribution < 1.29 is 0 Å². The first-order valence-corrected chi connectivity index (χ1v) is 5.98. The number of hydrogen-bond acceptors (Lipinski definition) is 4. The molecule has 3 nitrogen and oxygen atoms in total. The number of rotatable bonds is 2. The average Bonchev–Trinajstić information content (AvgIpc) is 2.39. The molecule has 2 aliphatic heterocycles. The number of aryl methyl sites for hydroxylation is 1. The second-order valence-electron chi connectivity index (χ2n) is 4.61. The van der Waals surface area contributed by atoms with E-state index in [9.17, 15) is 0 Å². The minimum absolute atomic E-state index is 0.644. The smallest absolute Gasteiger partial charge is 0.0897 e. The quantitative estimate of drug-likeness (QED) is 0.783. The highest BCUT2D eigenvalue weighted by molar-refractivity contribution is 7.09. The first-order valence-electron chi connectivity index (χ1n) is 5.10. The van der Waals surface area contributed by atoms with Crippen molar-refractivity contribution >= 4 is 11.3 Å². The van der Waals surface area contributed by atoms with Crippen LogP contribution < -0.4 is 5.32 Å². The Morgan fingerprint density at radius 2 is 2.36 bits per heavy atom. The minimum atomic E-state index is 0.644. The average molecular weight is 209 g/mol. The number of nitrogens with zero attached hydrogens (tertiary/aromatic N) is 2. The van der Waals surface area contributed by atoms with Gasteiger partial charge in [-0.25, -0.2) is 4.98 Å². The molecule has 2 aliphatic rings. The molecule has 3 heterocycles. The predicted octanol–water partition coefficient (Wildman–Crippen LogP) is 0.857. The van der Waals surface area contributed by atoms with E-state index in [0.29, 0.717) is 5.41 Å². The molecule has 2 saturated heterocycles. The van der Waals surface area contributed by atoms with Crippen LogP contribution in [0.2, 0.25) is 0 Å². The van der Waals surface area contributed by atoms with Crippen molar-refractivity contribution in [3.63, 3.8) is 0 Å². The molecule has 14 heavy (non-hydrogen) atoms. The molecular weight excluding hydrogens is 194 g/mol. The molecule has 0 bridgehead atoms. The lowest BCUT2D eigenvalue weighted by atomic mass is 9.74. The van der Waals surface area contributed by atoms with Gasteiger partial charge in [0.1, 0.15) is 0 Å². The number of hydrogen-bond donors (Lipinski definition) is 1. The normalized spacial score (nSPS) is 24.6. The molecule has 0 radical (unpaired) electrons. The van der Waals surface area contributed by atoms with Gasteiger partial charge in [0, 0.05) is 43.5 Å². The summed E-state index contributed by atoms with van der Waals surface area (Å²) >= 11 is 1.75. The van der Waals surface area contributed by atoms with Gasteiger partial charge < -0.3 is 5.32 Å². The predicted molar refractivity (Wildman–Crippen MR) is 57.4 cm³/mol. The Hall–Kier alpha value is -0.450. The van der Waals surface area contributed by atoms with Crippen LogP contribution in [0.15, 0.2) is 5.38 Å². The summed E-state index contributed by atoms with van der Waals surface area (Å²) in [4.78, 5) is 6.98. The van der Waals surface area contributed by atoms with Gasteiger partial charge in [0.05, 0.1) is 10.7 Å². The van der Waals surface area contributed by atoms with Gasteiger partial charge in [0.25, 0.3) is 0 Å². The zero-order valence-electron chi connectivity index (χ0n) is 8.42. The molecule has 0 unspecified atom stereocenters. The number of nitrogens with one attached hydrogen (secondary N) is 1. The molecular formula is C10H15N3S. The molecule has 0 aromatic carbocycles. The highest BCUT2D eigenvalue weighted by Gasteiger charge is 2.47. The third-order valence-electron chi connectivity index (χ3n) is 3.17. The van der Waals surface area contributed by atoms with E-state index in [0.717, 1.165) is 6.54 Å². The van der Waals surface area contributed by atoms with Gasteiger partial charge in [-0.05, 0) is 6.92 Å². The van der Waals surface area contributed by atoms with Gasteiger partial charge in [-0.1, -0.05) is 0 Å². The number of likely N-dealkylation sites (tertiary alicyclic amines) is 1. The van der Waals surface area contributed by atoms with E-state index in [2.05, 4.69) is 27.5 Å². The molecule has 0 saturated carbocycles. The summed E-state index contributed by atoms with van der Waals surface area (Å²) in [6.07, 6.45) is 0. The van der Waals surface area contributed by atoms with Gasteiger partial charge in [-0.3, -0.25) is 4.90 Å². The fraction of sp³-hybridized carbons (Fsp3) is 0.700. The fourth-order valence-electron chi connectivity index (χ4n) is 2.43. The maximum atomic E-state index is 4.49. The maximum absolute atomic E-state index is 4.49. The lowest BCUT2D eigenvalue weighted by Gasteiger charge is -2.56. The summed E-state index contributed by atoms with van der Waals surface area (Å²) in [6, 6.07) is 0. The van der Waals surface area contributed by atoms with Crippen molar-refractivity contribution in [2.75, 3.05) is 26.2 Å². The monoisotopic (exact) mass is 209 g/mol. The van der Waals surface area contributed by atoms with Crippen LogP contribution in [0.5, 0.6) is 0 Å². The molecule has 1 N–H and O–H groups in total. The van der Waals surface area contributed by atoms with Crippen LogP contribution in [-0.2, 0) is 6.54 Å². The summed E-state index contributed by atoms with van der Waals surface area (Å²) in [5.74, 6) is 0. The van der Waals surface area contributed by atoms with Crippen LogP contribution in [0.1, 0.15) is 10.7 Å². The van der Waals surface area contributed by atoms with Crippen LogP contribution >= 0.6 is 11.3 Å². The van der Waals surface area contributed by atoms with Crippen LogP contribution in [0.25, 0.3) is 0 Å². The highest BCUT2D eigenvalue weighted by atomic mass is 32.1. The Kier molecular flexibility index (Phi) is 1.90. The first kappa shape index (κ1) is 8.83. The molecule has 0 atom stereocenters. The third kappa shape index (κ3) is 1.38. The van der Waals surface area contributed by atoms with Gasteiger partial charge in [0.2, 0.25) is 0 Å². The van der Waals surface area contributed by atoms with Crippen LogP contribution in [0.3, 0.4) is 0 Å². The standard InChI is InChI=1S/C10H15N3S/c1-8-12-9(3-14-8)2-13-6-10(7-13)4-11-5-10/h3,11H,2,4-7H2,1H3. The summed E-state index contributed by atoms with van der Waals surface area (Å²) in [5, 5.41) is 6.71. The Morgan fingerprint density at radius 1 is 1.57 bits per heavy atom. The Morgan fingerprint density at radius 3 is 2.86 bits per heavy atom. The Balaban J connectivity index is 1.55. The number of aromatic nitrogens is 1. The van der Waals surface area contributed by atoms with Crippen molar-refractivity contribution in [2.45, 2.75) is 13.5 Å². The summed E-state index contributed by atoms with van der Waals surface area (Å²) < 4.78 is 0. The molecule has 1 spiro atoms. The van der Waals surface area contributed by atoms with Crippen LogP contribution in [0, 0.1) is 12.3 Å². The summed E-state index contributed by atoms with van der Waals surface area (Å²) in [7, 11) is 0. The fourth-order valence-corrected chi connectivity index (χ4v) is 3.03. The topological polar surface area (TPSA) is 28.2 Å². The van der Waals surface area contributed by atoms with Gasteiger partial charge in [-0.15, -0.1) is 11.3 Å². The van der Waals surface area contributed by atoms with E-state index in [-0.39, 0.29) is 0 Å². The molecule has 2 fully saturated rings. The van der Waals surface area contributed by atoms with Crippen molar-refractivity contribution in [3.8, 4) is 0 Å². The molecule has 3 rings (SSSR count). The molecule has 1 aromatic heterocycles. The maximum Gasteiger partial charge on any atom is 0.0897 e. The van der Waals surface area contributed by atoms with Crippen LogP contribution in [-0.4, -0.2) is 36.1 Å². The van der Waals surface area contributed by atoms with E-state index in [1.165, 1.54) is 36.9 Å². The lowest BCUT2D eigenvalue weighted by Crippen LogP contribution is -2.70. The van der Waals surface area contributed by atoms with E-state index in [1.807, 2.05) is 0 Å². The van der Waals surface area contributed by atoms with Gasteiger partial charge in [-0.2, -0.15) is 0 Å². The SMILES string of the molecule is Cc1nc(CN2CC3(CNC3)C2)cs1. The zero-order valence-corrected chi connectivity index (χ0v) is 9.23. The second kappa shape index (κ2) is 3.02. The summed E-state index contributed by atoms with van der Waals surface area (Å²) in [5.41, 5.74) is 1.89. The van der Waals surface area contributed by atoms with Crippen molar-refractivity contribution in [2.24, 2.45) is 5.41 Å². The van der Waals surface area contributed by atoms with E-state index < -0.39 is 0 Å². The molecule has 0 amide bonds. The summed E-state index contributed by atoms with van der Waals surface area (Å²) in [6.45, 7) is 8.08. The van der Waals surface area contributed by atoms with Gasteiger partial charge >= 0.3 is 0 Å². The van der Waals surface area contributed by atoms with Gasteiger partial charge in [0.15, 0.2) is 0 Å². The van der Waals surface area contributed by atoms with E-state index in [1.54, 1.807) is 11.3 Å². The van der Waals surface area contributed by atoms with Crippen LogP contribution in [0.4, 0.5) is 0 Å². The van der Waals surface area contributed by atoms with Crippen molar-refractivity contribution in [3.05, 3.63) is 16.1 Å². The van der Waals surface area contributed by atoms with E-state index in [4.69, 9.17) is 0 Å². The zero-order chi connectivity index (χ0) is 9.60. The highest BCUT2D eigenvalue weighted by Crippen LogP contribution is 2.34. The molecule has 0 aliphatic carbocycles. The minimum Gasteiger partial charge on any atom is -0.315 e. The second-order valence-corrected chi connectivity index (χ2v) is 5.67. The molecule has 76 valence electrons. The lowest BCUT2D eigenvalue weighted by molar-refractivity contribution is -0.0450. The van der Waals surface area contributed by atoms with Crippen molar-refractivity contribution in [1.29, 1.82) is 0 Å².